The quantitative estimate of drug-likeness (QED) is 0.738. The van der Waals surface area contributed by atoms with Crippen molar-refractivity contribution < 1.29 is 18.8 Å². The van der Waals surface area contributed by atoms with Crippen molar-refractivity contribution in [1.82, 2.24) is 10.4 Å². The lowest BCUT2D eigenvalue weighted by atomic mass is 10.3. The van der Waals surface area contributed by atoms with E-state index in [-0.39, 0.29) is 24.8 Å². The van der Waals surface area contributed by atoms with Gasteiger partial charge >= 0.3 is 0 Å². The van der Waals surface area contributed by atoms with Crippen LogP contribution in [-0.2, 0) is 9.63 Å². The van der Waals surface area contributed by atoms with E-state index in [9.17, 15) is 9.59 Å². The van der Waals surface area contributed by atoms with Gasteiger partial charge in [-0.1, -0.05) is 0 Å². The Bertz CT molecular complexity index is 348. The molecule has 1 heterocycles. The van der Waals surface area contributed by atoms with Crippen molar-refractivity contribution in [3.63, 3.8) is 0 Å². The number of rotatable bonds is 5. The summed E-state index contributed by atoms with van der Waals surface area (Å²) in [5, 5.41) is 3.71. The summed E-state index contributed by atoms with van der Waals surface area (Å²) in [4.78, 5) is 27.4. The number of nitrogens with one attached hydrogen (secondary N) is 1. The molecule has 0 aromatic carbocycles. The molecule has 0 aliphatic heterocycles. The van der Waals surface area contributed by atoms with Crippen LogP contribution in [0.25, 0.3) is 0 Å². The zero-order valence-electron chi connectivity index (χ0n) is 9.23. The summed E-state index contributed by atoms with van der Waals surface area (Å²) < 4.78 is 4.76. The Balaban J connectivity index is 2.26. The van der Waals surface area contributed by atoms with Crippen LogP contribution < -0.4 is 5.32 Å². The third-order valence-electron chi connectivity index (χ3n) is 2.03. The highest BCUT2D eigenvalue weighted by molar-refractivity contribution is 5.93. The van der Waals surface area contributed by atoms with E-state index >= 15 is 0 Å². The second kappa shape index (κ2) is 5.92. The number of carbonyl (C=O) groups excluding carboxylic acids is 2. The van der Waals surface area contributed by atoms with Gasteiger partial charge in [-0.25, -0.2) is 5.06 Å². The number of hydrogen-bond acceptors (Lipinski definition) is 4. The summed E-state index contributed by atoms with van der Waals surface area (Å²) >= 11 is 0. The number of hydrogen-bond donors (Lipinski definition) is 1. The molecule has 2 amide bonds. The Morgan fingerprint density at radius 1 is 1.56 bits per heavy atom. The minimum absolute atomic E-state index is 0.188. The summed E-state index contributed by atoms with van der Waals surface area (Å²) in [5.74, 6) is -0.461. The van der Waals surface area contributed by atoms with E-state index in [1.54, 1.807) is 6.07 Å². The van der Waals surface area contributed by atoms with Crippen LogP contribution >= 0.6 is 0 Å². The van der Waals surface area contributed by atoms with E-state index in [0.717, 1.165) is 5.06 Å². The first-order valence-electron chi connectivity index (χ1n) is 4.76. The minimum Gasteiger partial charge on any atom is -0.472 e. The SMILES string of the molecule is CON(C)C(=O)CCNC(=O)c1ccoc1. The molecule has 1 aromatic rings. The highest BCUT2D eigenvalue weighted by atomic mass is 16.7. The second-order valence-electron chi connectivity index (χ2n) is 3.09. The van der Waals surface area contributed by atoms with Crippen LogP contribution in [0.1, 0.15) is 16.8 Å². The Hall–Kier alpha value is -1.82. The molecule has 0 spiro atoms. The van der Waals surface area contributed by atoms with E-state index < -0.39 is 0 Å². The molecular formula is C10H14N2O4. The van der Waals surface area contributed by atoms with Crippen molar-refractivity contribution in [2.75, 3.05) is 20.7 Å². The van der Waals surface area contributed by atoms with Crippen LogP contribution in [0.4, 0.5) is 0 Å². The van der Waals surface area contributed by atoms with Crippen LogP contribution in [0.15, 0.2) is 23.0 Å². The number of furan rings is 1. The number of amides is 2. The Morgan fingerprint density at radius 3 is 2.88 bits per heavy atom. The lowest BCUT2D eigenvalue weighted by Crippen LogP contribution is -2.31. The zero-order chi connectivity index (χ0) is 12.0. The zero-order valence-corrected chi connectivity index (χ0v) is 9.23. The third-order valence-corrected chi connectivity index (χ3v) is 2.03. The van der Waals surface area contributed by atoms with Gasteiger partial charge in [0.05, 0.1) is 18.9 Å². The third kappa shape index (κ3) is 3.39. The van der Waals surface area contributed by atoms with Crippen LogP contribution in [0, 0.1) is 0 Å². The summed E-state index contributed by atoms with van der Waals surface area (Å²) in [6, 6.07) is 1.55. The van der Waals surface area contributed by atoms with Crippen molar-refractivity contribution in [3.05, 3.63) is 24.2 Å². The molecule has 1 aromatic heterocycles. The van der Waals surface area contributed by atoms with Crippen molar-refractivity contribution in [1.29, 1.82) is 0 Å². The van der Waals surface area contributed by atoms with Crippen LogP contribution in [0.5, 0.6) is 0 Å². The molecule has 0 bridgehead atoms. The van der Waals surface area contributed by atoms with E-state index in [1.165, 1.54) is 26.7 Å². The molecule has 88 valence electrons. The molecule has 0 unspecified atom stereocenters. The number of hydroxylamine groups is 2. The first-order chi connectivity index (χ1) is 7.65. The van der Waals surface area contributed by atoms with Crippen molar-refractivity contribution in [3.8, 4) is 0 Å². The molecule has 1 N–H and O–H groups in total. The van der Waals surface area contributed by atoms with Gasteiger partial charge in [0, 0.05) is 20.0 Å². The second-order valence-corrected chi connectivity index (χ2v) is 3.09. The lowest BCUT2D eigenvalue weighted by Gasteiger charge is -2.13. The van der Waals surface area contributed by atoms with Gasteiger partial charge in [0.1, 0.15) is 6.26 Å². The maximum atomic E-state index is 11.4. The number of carbonyl (C=O) groups is 2. The molecule has 16 heavy (non-hydrogen) atoms. The lowest BCUT2D eigenvalue weighted by molar-refractivity contribution is -0.168. The molecule has 0 radical (unpaired) electrons. The number of nitrogens with zero attached hydrogens (tertiary/aromatic N) is 1. The summed E-state index contributed by atoms with van der Waals surface area (Å²) in [6.07, 6.45) is 2.95. The maximum absolute atomic E-state index is 11.4. The molecule has 0 aliphatic rings. The monoisotopic (exact) mass is 226 g/mol. The molecule has 0 atom stereocenters. The first kappa shape index (κ1) is 12.3. The maximum Gasteiger partial charge on any atom is 0.254 e. The average Bonchev–Trinajstić information content (AvgIpc) is 2.81. The summed E-state index contributed by atoms with van der Waals surface area (Å²) in [5.41, 5.74) is 0.438. The average molecular weight is 226 g/mol. The molecule has 6 heteroatoms. The molecule has 6 nitrogen and oxygen atoms in total. The Morgan fingerprint density at radius 2 is 2.31 bits per heavy atom. The van der Waals surface area contributed by atoms with Gasteiger partial charge < -0.3 is 9.73 Å². The highest BCUT2D eigenvalue weighted by Crippen LogP contribution is 1.99. The Kier molecular flexibility index (Phi) is 4.53. The van der Waals surface area contributed by atoms with Gasteiger partial charge in [0.25, 0.3) is 5.91 Å². The van der Waals surface area contributed by atoms with Crippen LogP contribution in [0.3, 0.4) is 0 Å². The molecule has 1 rings (SSSR count). The van der Waals surface area contributed by atoms with E-state index in [1.807, 2.05) is 0 Å². The van der Waals surface area contributed by atoms with E-state index in [2.05, 4.69) is 5.32 Å². The van der Waals surface area contributed by atoms with Gasteiger partial charge in [0.15, 0.2) is 0 Å². The fourth-order valence-electron chi connectivity index (χ4n) is 1.04. The standard InChI is InChI=1S/C10H14N2O4/c1-12(15-2)9(13)3-5-11-10(14)8-4-6-16-7-8/h4,6-7H,3,5H2,1-2H3,(H,11,14). The fourth-order valence-corrected chi connectivity index (χ4v) is 1.04. The minimum atomic E-state index is -0.262. The van der Waals surface area contributed by atoms with Gasteiger partial charge in [-0.15, -0.1) is 0 Å². The van der Waals surface area contributed by atoms with Gasteiger partial charge in [-0.3, -0.25) is 14.4 Å². The predicted molar refractivity (Wildman–Crippen MR) is 55.4 cm³/mol. The molecule has 0 fully saturated rings. The van der Waals surface area contributed by atoms with E-state index in [0.29, 0.717) is 5.56 Å². The smallest absolute Gasteiger partial charge is 0.254 e. The topological polar surface area (TPSA) is 71.8 Å². The largest absolute Gasteiger partial charge is 0.472 e. The van der Waals surface area contributed by atoms with Crippen molar-refractivity contribution in [2.24, 2.45) is 0 Å². The van der Waals surface area contributed by atoms with Crippen molar-refractivity contribution >= 4 is 11.8 Å². The molecule has 0 aliphatic carbocycles. The predicted octanol–water partition coefficient (Wildman–Crippen LogP) is 0.419. The van der Waals surface area contributed by atoms with Gasteiger partial charge in [0.2, 0.25) is 5.91 Å². The summed E-state index contributed by atoms with van der Waals surface area (Å²) in [7, 11) is 2.92. The highest BCUT2D eigenvalue weighted by Gasteiger charge is 2.09. The van der Waals surface area contributed by atoms with Gasteiger partial charge in [-0.05, 0) is 6.07 Å². The Labute approximate surface area is 93.1 Å². The first-order valence-corrected chi connectivity index (χ1v) is 4.76. The fraction of sp³-hybridized carbons (Fsp3) is 0.400. The molecule has 0 saturated carbocycles. The van der Waals surface area contributed by atoms with Crippen LogP contribution in [0.2, 0.25) is 0 Å². The normalized spacial score (nSPS) is 9.88. The van der Waals surface area contributed by atoms with E-state index in [4.69, 9.17) is 9.25 Å². The van der Waals surface area contributed by atoms with Crippen LogP contribution in [-0.4, -0.2) is 37.6 Å². The van der Waals surface area contributed by atoms with Gasteiger partial charge in [-0.2, -0.15) is 0 Å². The summed E-state index contributed by atoms with van der Waals surface area (Å²) in [6.45, 7) is 0.260. The molecular weight excluding hydrogens is 212 g/mol. The molecule has 0 saturated heterocycles. The van der Waals surface area contributed by atoms with Crippen molar-refractivity contribution in [2.45, 2.75) is 6.42 Å².